The van der Waals surface area contributed by atoms with Gasteiger partial charge in [0.15, 0.2) is 0 Å². The Morgan fingerprint density at radius 2 is 2.38 bits per heavy atom. The molecule has 1 aliphatic rings. The van der Waals surface area contributed by atoms with Crippen LogP contribution in [-0.4, -0.2) is 24.9 Å². The fourth-order valence-corrected chi connectivity index (χ4v) is 1.66. The van der Waals surface area contributed by atoms with Gasteiger partial charge in [-0.2, -0.15) is 0 Å². The van der Waals surface area contributed by atoms with Gasteiger partial charge < -0.3 is 15.2 Å². The summed E-state index contributed by atoms with van der Waals surface area (Å²) in [5.74, 6) is 0.326. The minimum absolute atomic E-state index is 0.217. The van der Waals surface area contributed by atoms with Crippen molar-refractivity contribution in [2.45, 2.75) is 12.5 Å². The first-order valence-electron chi connectivity index (χ1n) is 4.39. The molecule has 0 radical (unpaired) electrons. The molecule has 1 aliphatic heterocycles. The van der Waals surface area contributed by atoms with Crippen LogP contribution in [0.1, 0.15) is 5.56 Å². The van der Waals surface area contributed by atoms with Crippen LogP contribution in [0, 0.1) is 0 Å². The molecule has 0 fully saturated rings. The number of hydrogen-bond acceptors (Lipinski definition) is 3. The summed E-state index contributed by atoms with van der Waals surface area (Å²) < 4.78 is 5.24. The van der Waals surface area contributed by atoms with E-state index in [1.165, 1.54) is 0 Å². The molecule has 0 spiro atoms. The molecule has 0 aromatic heterocycles. The highest BCUT2D eigenvalue weighted by atomic mass is 16.5. The summed E-state index contributed by atoms with van der Waals surface area (Å²) in [6.45, 7) is 0.765. The van der Waals surface area contributed by atoms with Crippen LogP contribution < -0.4 is 5.32 Å². The lowest BCUT2D eigenvalue weighted by Crippen LogP contribution is -2.29. The highest BCUT2D eigenvalue weighted by Crippen LogP contribution is 2.31. The number of hydrogen-bond donors (Lipinski definition) is 2. The van der Waals surface area contributed by atoms with Crippen LogP contribution in [0.15, 0.2) is 18.2 Å². The number of aromatic hydroxyl groups is 1. The average molecular weight is 179 g/mol. The normalized spacial score (nSPS) is 20.5. The zero-order valence-corrected chi connectivity index (χ0v) is 7.58. The molecule has 1 unspecified atom stereocenters. The van der Waals surface area contributed by atoms with Crippen LogP contribution in [0.25, 0.3) is 0 Å². The molecule has 2 rings (SSSR count). The molecule has 2 N–H and O–H groups in total. The quantitative estimate of drug-likeness (QED) is 0.640. The Kier molecular flexibility index (Phi) is 2.10. The summed E-state index contributed by atoms with van der Waals surface area (Å²) in [7, 11) is 1.71. The molecule has 1 aromatic rings. The Morgan fingerprint density at radius 1 is 1.54 bits per heavy atom. The molecule has 0 amide bonds. The molecule has 3 nitrogen and oxygen atoms in total. The molecule has 0 saturated heterocycles. The fraction of sp³-hybridized carbons (Fsp3) is 0.400. The Hall–Kier alpha value is -1.22. The van der Waals surface area contributed by atoms with E-state index in [0.29, 0.717) is 5.75 Å². The third-order valence-electron chi connectivity index (χ3n) is 2.42. The number of ether oxygens (including phenoxy) is 1. The predicted molar refractivity (Wildman–Crippen MR) is 51.1 cm³/mol. The number of nitrogens with one attached hydrogen (secondary N) is 1. The lowest BCUT2D eigenvalue weighted by Gasteiger charge is -2.25. The number of benzene rings is 1. The summed E-state index contributed by atoms with van der Waals surface area (Å²) in [6, 6.07) is 5.56. The molecule has 0 saturated carbocycles. The zero-order chi connectivity index (χ0) is 9.26. The van der Waals surface area contributed by atoms with Crippen LogP contribution in [0.4, 0.5) is 5.69 Å². The van der Waals surface area contributed by atoms with Crippen molar-refractivity contribution in [3.8, 4) is 5.75 Å². The summed E-state index contributed by atoms with van der Waals surface area (Å²) in [6.07, 6.45) is 1.09. The van der Waals surface area contributed by atoms with E-state index in [4.69, 9.17) is 4.74 Å². The van der Waals surface area contributed by atoms with Crippen molar-refractivity contribution < 1.29 is 9.84 Å². The minimum atomic E-state index is 0.217. The van der Waals surface area contributed by atoms with E-state index < -0.39 is 0 Å². The fourth-order valence-electron chi connectivity index (χ4n) is 1.66. The molecule has 3 heteroatoms. The summed E-state index contributed by atoms with van der Waals surface area (Å²) >= 11 is 0. The largest absolute Gasteiger partial charge is 0.506 e. The molecular weight excluding hydrogens is 166 g/mol. The van der Waals surface area contributed by atoms with Gasteiger partial charge in [-0.25, -0.2) is 0 Å². The van der Waals surface area contributed by atoms with E-state index in [1.807, 2.05) is 12.1 Å². The lowest BCUT2D eigenvalue weighted by atomic mass is 10.0. The van der Waals surface area contributed by atoms with Crippen molar-refractivity contribution in [3.63, 3.8) is 0 Å². The third-order valence-corrected chi connectivity index (χ3v) is 2.42. The Bertz CT molecular complexity index is 312. The molecule has 70 valence electrons. The first-order valence-corrected chi connectivity index (χ1v) is 4.39. The molecule has 1 aromatic carbocycles. The third kappa shape index (κ3) is 1.47. The number of para-hydroxylation sites is 1. The second-order valence-corrected chi connectivity index (χ2v) is 3.25. The predicted octanol–water partition coefficient (Wildman–Crippen LogP) is 1.38. The smallest absolute Gasteiger partial charge is 0.138 e. The maximum absolute atomic E-state index is 9.51. The lowest BCUT2D eigenvalue weighted by molar-refractivity contribution is 0.111. The summed E-state index contributed by atoms with van der Waals surface area (Å²) in [5.41, 5.74) is 1.98. The number of rotatable bonds is 1. The topological polar surface area (TPSA) is 41.5 Å². The molecule has 0 aliphatic carbocycles. The van der Waals surface area contributed by atoms with E-state index in [9.17, 15) is 5.11 Å². The van der Waals surface area contributed by atoms with Crippen LogP contribution in [0.2, 0.25) is 0 Å². The van der Waals surface area contributed by atoms with E-state index >= 15 is 0 Å². The second kappa shape index (κ2) is 3.26. The van der Waals surface area contributed by atoms with Crippen molar-refractivity contribution in [1.82, 2.24) is 0 Å². The molecular formula is C10H13NO2. The van der Waals surface area contributed by atoms with Gasteiger partial charge >= 0.3 is 0 Å². The molecule has 1 heterocycles. The molecule has 0 bridgehead atoms. The van der Waals surface area contributed by atoms with E-state index in [0.717, 1.165) is 24.2 Å². The molecule has 1 atom stereocenters. The highest BCUT2D eigenvalue weighted by molar-refractivity contribution is 5.63. The van der Waals surface area contributed by atoms with Gasteiger partial charge in [0, 0.05) is 20.1 Å². The average Bonchev–Trinajstić information content (AvgIpc) is 2.18. The van der Waals surface area contributed by atoms with E-state index in [1.54, 1.807) is 13.2 Å². The Labute approximate surface area is 77.3 Å². The van der Waals surface area contributed by atoms with Crippen LogP contribution in [0.3, 0.4) is 0 Å². The SMILES string of the molecule is COC1CNc2c(O)cccc2C1. The van der Waals surface area contributed by atoms with Gasteiger partial charge in [-0.1, -0.05) is 12.1 Å². The van der Waals surface area contributed by atoms with Gasteiger partial charge in [-0.05, 0) is 11.6 Å². The first kappa shape index (κ1) is 8.38. The minimum Gasteiger partial charge on any atom is -0.506 e. The molecule has 13 heavy (non-hydrogen) atoms. The monoisotopic (exact) mass is 179 g/mol. The van der Waals surface area contributed by atoms with Crippen molar-refractivity contribution in [3.05, 3.63) is 23.8 Å². The van der Waals surface area contributed by atoms with E-state index in [2.05, 4.69) is 5.32 Å². The number of methoxy groups -OCH3 is 1. The second-order valence-electron chi connectivity index (χ2n) is 3.25. The first-order chi connectivity index (χ1) is 6.31. The van der Waals surface area contributed by atoms with Gasteiger partial charge in [0.1, 0.15) is 5.75 Å². The number of anilines is 1. The highest BCUT2D eigenvalue weighted by Gasteiger charge is 2.19. The maximum atomic E-state index is 9.51. The van der Waals surface area contributed by atoms with Gasteiger partial charge in [-0.3, -0.25) is 0 Å². The maximum Gasteiger partial charge on any atom is 0.138 e. The van der Waals surface area contributed by atoms with Crippen molar-refractivity contribution in [2.24, 2.45) is 0 Å². The van der Waals surface area contributed by atoms with Gasteiger partial charge in [0.05, 0.1) is 11.8 Å². The summed E-state index contributed by atoms with van der Waals surface area (Å²) in [5, 5.41) is 12.7. The summed E-state index contributed by atoms with van der Waals surface area (Å²) in [4.78, 5) is 0. The number of fused-ring (bicyclic) bond motifs is 1. The van der Waals surface area contributed by atoms with Crippen molar-refractivity contribution >= 4 is 5.69 Å². The van der Waals surface area contributed by atoms with Crippen LogP contribution in [-0.2, 0) is 11.2 Å². The number of phenolic OH excluding ortho intramolecular Hbond substituents is 1. The van der Waals surface area contributed by atoms with Crippen LogP contribution >= 0.6 is 0 Å². The Balaban J connectivity index is 2.31. The van der Waals surface area contributed by atoms with Gasteiger partial charge in [-0.15, -0.1) is 0 Å². The van der Waals surface area contributed by atoms with Crippen molar-refractivity contribution in [1.29, 1.82) is 0 Å². The zero-order valence-electron chi connectivity index (χ0n) is 7.58. The Morgan fingerprint density at radius 3 is 3.15 bits per heavy atom. The van der Waals surface area contributed by atoms with Gasteiger partial charge in [0.2, 0.25) is 0 Å². The van der Waals surface area contributed by atoms with Crippen LogP contribution in [0.5, 0.6) is 5.75 Å². The number of phenols is 1. The standard InChI is InChI=1S/C10H13NO2/c1-13-8-5-7-3-2-4-9(12)10(7)11-6-8/h2-4,8,11-12H,5-6H2,1H3. The van der Waals surface area contributed by atoms with Crippen molar-refractivity contribution in [2.75, 3.05) is 19.0 Å². The van der Waals surface area contributed by atoms with Gasteiger partial charge in [0.25, 0.3) is 0 Å². The van der Waals surface area contributed by atoms with E-state index in [-0.39, 0.29) is 6.10 Å².